The lowest BCUT2D eigenvalue weighted by molar-refractivity contribution is 0.250. The molecule has 0 saturated heterocycles. The Morgan fingerprint density at radius 2 is 1.52 bits per heavy atom. The summed E-state index contributed by atoms with van der Waals surface area (Å²) in [5.74, 6) is 2.04. The van der Waals surface area contributed by atoms with E-state index in [-0.39, 0.29) is 12.6 Å². The van der Waals surface area contributed by atoms with Crippen LogP contribution in [0.25, 0.3) is 0 Å². The minimum absolute atomic E-state index is 0.0441. The molecule has 1 atom stereocenters. The Bertz CT molecular complexity index is 396. The SMILES string of the molecule is CCOc1cc(CNC(C)CO)cc(OCC)c1OCC. The van der Waals surface area contributed by atoms with Gasteiger partial charge in [-0.05, 0) is 45.4 Å². The summed E-state index contributed by atoms with van der Waals surface area (Å²) in [5.41, 5.74) is 1.03. The van der Waals surface area contributed by atoms with Crippen molar-refractivity contribution in [3.05, 3.63) is 17.7 Å². The molecule has 1 aromatic rings. The number of hydrogen-bond donors (Lipinski definition) is 2. The monoisotopic (exact) mass is 297 g/mol. The van der Waals surface area contributed by atoms with Crippen LogP contribution in [-0.2, 0) is 6.54 Å². The quantitative estimate of drug-likeness (QED) is 0.694. The Balaban J connectivity index is 3.03. The Labute approximate surface area is 127 Å². The fraction of sp³-hybridized carbons (Fsp3) is 0.625. The molecule has 0 fully saturated rings. The largest absolute Gasteiger partial charge is 0.490 e. The number of nitrogens with one attached hydrogen (secondary N) is 1. The van der Waals surface area contributed by atoms with E-state index in [1.54, 1.807) is 0 Å². The average Bonchev–Trinajstić information content (AvgIpc) is 2.48. The van der Waals surface area contributed by atoms with E-state index in [0.717, 1.165) is 5.56 Å². The Kier molecular flexibility index (Phi) is 7.93. The molecule has 1 unspecified atom stereocenters. The van der Waals surface area contributed by atoms with Gasteiger partial charge in [0.2, 0.25) is 5.75 Å². The van der Waals surface area contributed by atoms with Gasteiger partial charge in [0.05, 0.1) is 26.4 Å². The number of ether oxygens (including phenoxy) is 3. The van der Waals surface area contributed by atoms with E-state index in [0.29, 0.717) is 43.6 Å². The van der Waals surface area contributed by atoms with Gasteiger partial charge < -0.3 is 24.6 Å². The van der Waals surface area contributed by atoms with E-state index < -0.39 is 0 Å². The zero-order valence-electron chi connectivity index (χ0n) is 13.4. The first-order chi connectivity index (χ1) is 10.2. The van der Waals surface area contributed by atoms with Crippen LogP contribution in [0.3, 0.4) is 0 Å². The highest BCUT2D eigenvalue weighted by Gasteiger charge is 2.15. The van der Waals surface area contributed by atoms with Crippen LogP contribution in [0.4, 0.5) is 0 Å². The first kappa shape index (κ1) is 17.6. The second-order valence-corrected chi connectivity index (χ2v) is 4.68. The van der Waals surface area contributed by atoms with Crippen LogP contribution in [0.15, 0.2) is 12.1 Å². The molecule has 120 valence electrons. The normalized spacial score (nSPS) is 12.0. The molecule has 0 aliphatic heterocycles. The summed E-state index contributed by atoms with van der Waals surface area (Å²) in [7, 11) is 0. The molecule has 0 amide bonds. The molecule has 21 heavy (non-hydrogen) atoms. The van der Waals surface area contributed by atoms with Crippen LogP contribution in [0.2, 0.25) is 0 Å². The van der Waals surface area contributed by atoms with Gasteiger partial charge in [-0.1, -0.05) is 0 Å². The van der Waals surface area contributed by atoms with Crippen molar-refractivity contribution < 1.29 is 19.3 Å². The minimum atomic E-state index is 0.0441. The molecule has 0 radical (unpaired) electrons. The molecule has 5 heteroatoms. The summed E-state index contributed by atoms with van der Waals surface area (Å²) < 4.78 is 17.0. The maximum Gasteiger partial charge on any atom is 0.203 e. The predicted molar refractivity (Wildman–Crippen MR) is 83.3 cm³/mol. The molecule has 0 saturated carbocycles. The fourth-order valence-electron chi connectivity index (χ4n) is 1.90. The van der Waals surface area contributed by atoms with Crippen LogP contribution in [0.1, 0.15) is 33.3 Å². The van der Waals surface area contributed by atoms with Gasteiger partial charge in [0.15, 0.2) is 11.5 Å². The third-order valence-corrected chi connectivity index (χ3v) is 2.90. The van der Waals surface area contributed by atoms with Gasteiger partial charge in [0.25, 0.3) is 0 Å². The molecule has 5 nitrogen and oxygen atoms in total. The Morgan fingerprint density at radius 3 is 1.95 bits per heavy atom. The summed E-state index contributed by atoms with van der Waals surface area (Å²) >= 11 is 0. The number of aliphatic hydroxyl groups is 1. The van der Waals surface area contributed by atoms with Crippen LogP contribution < -0.4 is 19.5 Å². The second kappa shape index (κ2) is 9.47. The van der Waals surface area contributed by atoms with E-state index in [2.05, 4.69) is 5.32 Å². The third-order valence-electron chi connectivity index (χ3n) is 2.90. The first-order valence-corrected chi connectivity index (χ1v) is 7.55. The zero-order valence-corrected chi connectivity index (χ0v) is 13.4. The molecule has 1 aromatic carbocycles. The average molecular weight is 297 g/mol. The molecule has 0 aromatic heterocycles. The van der Waals surface area contributed by atoms with Crippen molar-refractivity contribution in [2.75, 3.05) is 26.4 Å². The lowest BCUT2D eigenvalue weighted by Gasteiger charge is -2.18. The highest BCUT2D eigenvalue weighted by molar-refractivity contribution is 5.54. The predicted octanol–water partition coefficient (Wildman–Crippen LogP) is 2.35. The molecule has 0 spiro atoms. The zero-order chi connectivity index (χ0) is 15.7. The summed E-state index contributed by atoms with van der Waals surface area (Å²) in [6.45, 7) is 10.2. The fourth-order valence-corrected chi connectivity index (χ4v) is 1.90. The summed E-state index contributed by atoms with van der Waals surface area (Å²) in [5, 5.41) is 12.3. The van der Waals surface area contributed by atoms with E-state index in [9.17, 15) is 0 Å². The maximum atomic E-state index is 9.07. The Hall–Kier alpha value is -1.46. The van der Waals surface area contributed by atoms with E-state index in [1.807, 2.05) is 39.8 Å². The number of rotatable bonds is 10. The molecule has 0 heterocycles. The van der Waals surface area contributed by atoms with Crippen LogP contribution >= 0.6 is 0 Å². The summed E-state index contributed by atoms with van der Waals surface area (Å²) in [6.07, 6.45) is 0. The van der Waals surface area contributed by atoms with Crippen molar-refractivity contribution >= 4 is 0 Å². The van der Waals surface area contributed by atoms with Crippen molar-refractivity contribution in [2.45, 2.75) is 40.3 Å². The standard InChI is InChI=1S/C16H27NO4/c1-5-19-14-8-13(10-17-12(4)11-18)9-15(20-6-2)16(14)21-7-3/h8-9,12,17-18H,5-7,10-11H2,1-4H3. The van der Waals surface area contributed by atoms with Gasteiger partial charge >= 0.3 is 0 Å². The van der Waals surface area contributed by atoms with Crippen molar-refractivity contribution in [3.63, 3.8) is 0 Å². The van der Waals surface area contributed by atoms with Gasteiger partial charge in [-0.25, -0.2) is 0 Å². The third kappa shape index (κ3) is 5.44. The summed E-state index contributed by atoms with van der Waals surface area (Å²) in [4.78, 5) is 0. The van der Waals surface area contributed by atoms with Crippen LogP contribution in [-0.4, -0.2) is 37.6 Å². The van der Waals surface area contributed by atoms with Gasteiger partial charge in [-0.15, -0.1) is 0 Å². The van der Waals surface area contributed by atoms with E-state index in [4.69, 9.17) is 19.3 Å². The molecule has 0 aliphatic carbocycles. The van der Waals surface area contributed by atoms with Gasteiger partial charge in [-0.2, -0.15) is 0 Å². The first-order valence-electron chi connectivity index (χ1n) is 7.55. The maximum absolute atomic E-state index is 9.07. The minimum Gasteiger partial charge on any atom is -0.490 e. The number of hydrogen-bond acceptors (Lipinski definition) is 5. The number of benzene rings is 1. The van der Waals surface area contributed by atoms with Crippen molar-refractivity contribution in [2.24, 2.45) is 0 Å². The van der Waals surface area contributed by atoms with Gasteiger partial charge in [0.1, 0.15) is 0 Å². The van der Waals surface area contributed by atoms with Crippen molar-refractivity contribution in [1.29, 1.82) is 0 Å². The molecule has 2 N–H and O–H groups in total. The van der Waals surface area contributed by atoms with Gasteiger partial charge in [-0.3, -0.25) is 0 Å². The lowest BCUT2D eigenvalue weighted by atomic mass is 10.1. The topological polar surface area (TPSA) is 60.0 Å². The van der Waals surface area contributed by atoms with Gasteiger partial charge in [0, 0.05) is 12.6 Å². The van der Waals surface area contributed by atoms with Crippen LogP contribution in [0, 0.1) is 0 Å². The lowest BCUT2D eigenvalue weighted by Crippen LogP contribution is -2.28. The van der Waals surface area contributed by atoms with E-state index >= 15 is 0 Å². The van der Waals surface area contributed by atoms with E-state index in [1.165, 1.54) is 0 Å². The molecule has 0 bridgehead atoms. The Morgan fingerprint density at radius 1 is 1.00 bits per heavy atom. The van der Waals surface area contributed by atoms with Crippen molar-refractivity contribution in [3.8, 4) is 17.2 Å². The highest BCUT2D eigenvalue weighted by Crippen LogP contribution is 2.39. The second-order valence-electron chi connectivity index (χ2n) is 4.68. The smallest absolute Gasteiger partial charge is 0.203 e. The molecule has 1 rings (SSSR count). The van der Waals surface area contributed by atoms with Crippen molar-refractivity contribution in [1.82, 2.24) is 5.32 Å². The number of aliphatic hydroxyl groups excluding tert-OH is 1. The molecular weight excluding hydrogens is 270 g/mol. The molecule has 0 aliphatic rings. The highest BCUT2D eigenvalue weighted by atomic mass is 16.5. The molecular formula is C16H27NO4. The summed E-state index contributed by atoms with van der Waals surface area (Å²) in [6, 6.07) is 3.95. The van der Waals surface area contributed by atoms with Crippen LogP contribution in [0.5, 0.6) is 17.2 Å².